The minimum atomic E-state index is -0.645. The Hall–Kier alpha value is -0.820. The van der Waals surface area contributed by atoms with Gasteiger partial charge >= 0.3 is 0 Å². The molecule has 0 aromatic rings. The predicted octanol–water partition coefficient (Wildman–Crippen LogP) is 2.74. The van der Waals surface area contributed by atoms with E-state index >= 15 is 0 Å². The van der Waals surface area contributed by atoms with Gasteiger partial charge in [0.1, 0.15) is 5.78 Å². The zero-order valence-corrected chi connectivity index (χ0v) is 18.6. The Morgan fingerprint density at radius 1 is 0.815 bits per heavy atom. The van der Waals surface area contributed by atoms with Crippen LogP contribution in [0.25, 0.3) is 0 Å². The van der Waals surface area contributed by atoms with E-state index in [2.05, 4.69) is 24.5 Å². The van der Waals surface area contributed by atoms with E-state index in [0.717, 1.165) is 13.0 Å². The summed E-state index contributed by atoms with van der Waals surface area (Å²) in [6.07, 6.45) is 1.63. The van der Waals surface area contributed by atoms with Crippen molar-refractivity contribution in [3.8, 4) is 0 Å². The van der Waals surface area contributed by atoms with Crippen LogP contribution in [0.3, 0.4) is 0 Å². The van der Waals surface area contributed by atoms with E-state index in [1.165, 1.54) is 0 Å². The zero-order valence-electron chi connectivity index (χ0n) is 18.6. The highest BCUT2D eigenvalue weighted by atomic mass is 16.5. The molecule has 0 radical (unpaired) electrons. The maximum Gasteiger partial charge on any atom is 0.154 e. The minimum absolute atomic E-state index is 0.0988. The van der Waals surface area contributed by atoms with Gasteiger partial charge in [-0.1, -0.05) is 34.6 Å². The lowest BCUT2D eigenvalue weighted by Gasteiger charge is -2.26. The molecule has 0 bridgehead atoms. The van der Waals surface area contributed by atoms with Gasteiger partial charge in [-0.15, -0.1) is 0 Å². The van der Waals surface area contributed by atoms with Gasteiger partial charge < -0.3 is 20.1 Å². The molecule has 0 aliphatic heterocycles. The quantitative estimate of drug-likeness (QED) is 0.397. The first-order valence-corrected chi connectivity index (χ1v) is 10.2. The number of carbonyl (C=O) groups is 2. The third-order valence-electron chi connectivity index (χ3n) is 4.30. The Morgan fingerprint density at radius 2 is 1.41 bits per heavy atom. The standard InChI is InChI=1S/C21H42N2O4/c1-17(2)22-12-16-27-14-8-13-26-15-10-19(25)21(6,7)23-11-9-18(24)20(3,4)5/h17,22-23H,8-16H2,1-7H3. The average molecular weight is 387 g/mol. The second-order valence-electron chi connectivity index (χ2n) is 8.84. The molecule has 0 aliphatic carbocycles. The second kappa shape index (κ2) is 13.4. The summed E-state index contributed by atoms with van der Waals surface area (Å²) in [6.45, 7) is 17.4. The number of hydrogen-bond donors (Lipinski definition) is 2. The van der Waals surface area contributed by atoms with Crippen molar-refractivity contribution < 1.29 is 19.1 Å². The number of nitrogens with one attached hydrogen (secondary N) is 2. The first-order chi connectivity index (χ1) is 12.5. The van der Waals surface area contributed by atoms with Crippen molar-refractivity contribution in [2.24, 2.45) is 5.41 Å². The smallest absolute Gasteiger partial charge is 0.154 e. The lowest BCUT2D eigenvalue weighted by Crippen LogP contribution is -2.48. The van der Waals surface area contributed by atoms with Crippen LogP contribution in [0.2, 0.25) is 0 Å². The molecule has 0 aliphatic rings. The second-order valence-corrected chi connectivity index (χ2v) is 8.84. The van der Waals surface area contributed by atoms with Crippen molar-refractivity contribution >= 4 is 11.6 Å². The molecule has 2 N–H and O–H groups in total. The number of carbonyl (C=O) groups excluding carboxylic acids is 2. The summed E-state index contributed by atoms with van der Waals surface area (Å²) in [5, 5.41) is 6.49. The van der Waals surface area contributed by atoms with Crippen molar-refractivity contribution in [1.82, 2.24) is 10.6 Å². The van der Waals surface area contributed by atoms with E-state index in [0.29, 0.717) is 51.9 Å². The van der Waals surface area contributed by atoms with Gasteiger partial charge in [0, 0.05) is 50.6 Å². The molecule has 0 aromatic carbocycles. The molecule has 0 saturated carbocycles. The summed E-state index contributed by atoms with van der Waals surface area (Å²) < 4.78 is 11.0. The van der Waals surface area contributed by atoms with E-state index in [9.17, 15) is 9.59 Å². The molecule has 27 heavy (non-hydrogen) atoms. The highest BCUT2D eigenvalue weighted by Gasteiger charge is 2.27. The summed E-state index contributed by atoms with van der Waals surface area (Å²) in [7, 11) is 0. The summed E-state index contributed by atoms with van der Waals surface area (Å²) in [5.41, 5.74) is -0.980. The van der Waals surface area contributed by atoms with E-state index < -0.39 is 5.54 Å². The summed E-state index contributed by atoms with van der Waals surface area (Å²) >= 11 is 0. The third kappa shape index (κ3) is 13.9. The van der Waals surface area contributed by atoms with E-state index in [1.54, 1.807) is 0 Å². The molecule has 0 aromatic heterocycles. The van der Waals surface area contributed by atoms with Crippen molar-refractivity contribution in [2.45, 2.75) is 79.3 Å². The first-order valence-electron chi connectivity index (χ1n) is 10.2. The fraction of sp³-hybridized carbons (Fsp3) is 0.905. The highest BCUT2D eigenvalue weighted by Crippen LogP contribution is 2.16. The first kappa shape index (κ1) is 26.2. The van der Waals surface area contributed by atoms with E-state index in [4.69, 9.17) is 9.47 Å². The van der Waals surface area contributed by atoms with Crippen molar-refractivity contribution in [2.75, 3.05) is 39.5 Å². The molecule has 0 heterocycles. The van der Waals surface area contributed by atoms with Gasteiger partial charge in [-0.3, -0.25) is 9.59 Å². The molecule has 0 fully saturated rings. The molecular weight excluding hydrogens is 344 g/mol. The van der Waals surface area contributed by atoms with Gasteiger partial charge in [0.05, 0.1) is 18.8 Å². The average Bonchev–Trinajstić information content (AvgIpc) is 2.54. The van der Waals surface area contributed by atoms with Gasteiger partial charge in [0.15, 0.2) is 5.78 Å². The van der Waals surface area contributed by atoms with Crippen LogP contribution in [0.1, 0.15) is 67.7 Å². The lowest BCUT2D eigenvalue weighted by molar-refractivity contribution is -0.128. The van der Waals surface area contributed by atoms with Gasteiger partial charge in [0.25, 0.3) is 0 Å². The molecule has 6 heteroatoms. The summed E-state index contributed by atoms with van der Waals surface area (Å²) in [5.74, 6) is 0.297. The van der Waals surface area contributed by atoms with Gasteiger partial charge in [0.2, 0.25) is 0 Å². The Balaban J connectivity index is 3.74. The normalized spacial score (nSPS) is 12.6. The number of ketones is 2. The van der Waals surface area contributed by atoms with Crippen molar-refractivity contribution in [1.29, 1.82) is 0 Å². The van der Waals surface area contributed by atoms with Crippen LogP contribution in [0.4, 0.5) is 0 Å². The lowest BCUT2D eigenvalue weighted by atomic mass is 9.88. The van der Waals surface area contributed by atoms with Crippen LogP contribution >= 0.6 is 0 Å². The third-order valence-corrected chi connectivity index (χ3v) is 4.30. The van der Waals surface area contributed by atoms with Crippen LogP contribution < -0.4 is 10.6 Å². The number of rotatable bonds is 16. The predicted molar refractivity (Wildman–Crippen MR) is 110 cm³/mol. The Bertz CT molecular complexity index is 428. The highest BCUT2D eigenvalue weighted by molar-refractivity contribution is 5.88. The minimum Gasteiger partial charge on any atom is -0.381 e. The summed E-state index contributed by atoms with van der Waals surface area (Å²) in [4.78, 5) is 24.3. The van der Waals surface area contributed by atoms with Crippen molar-refractivity contribution in [3.05, 3.63) is 0 Å². The largest absolute Gasteiger partial charge is 0.381 e. The van der Waals surface area contributed by atoms with Gasteiger partial charge in [-0.2, -0.15) is 0 Å². The van der Waals surface area contributed by atoms with E-state index in [-0.39, 0.29) is 17.0 Å². The molecule has 0 atom stereocenters. The molecule has 0 rings (SSSR count). The van der Waals surface area contributed by atoms with Crippen molar-refractivity contribution in [3.63, 3.8) is 0 Å². The summed E-state index contributed by atoms with van der Waals surface area (Å²) in [6, 6.07) is 0.479. The van der Waals surface area contributed by atoms with Gasteiger partial charge in [-0.05, 0) is 20.3 Å². The molecule has 0 spiro atoms. The Labute approximate surface area is 166 Å². The fourth-order valence-corrected chi connectivity index (χ4v) is 2.33. The molecule has 0 amide bonds. The van der Waals surface area contributed by atoms with Crippen LogP contribution in [0.15, 0.2) is 0 Å². The SMILES string of the molecule is CC(C)NCCOCCCOCCC(=O)C(C)(C)NCCC(=O)C(C)(C)C. The maximum absolute atomic E-state index is 12.3. The molecule has 0 saturated heterocycles. The Morgan fingerprint density at radius 3 is 1.96 bits per heavy atom. The van der Waals surface area contributed by atoms with Gasteiger partial charge in [-0.25, -0.2) is 0 Å². The number of Topliss-reactive ketones (excluding diaryl/α,β-unsaturated/α-hetero) is 2. The Kier molecular flexibility index (Phi) is 13.0. The van der Waals surface area contributed by atoms with E-state index in [1.807, 2.05) is 34.6 Å². The number of hydrogen-bond acceptors (Lipinski definition) is 6. The number of ether oxygens (including phenoxy) is 2. The molecular formula is C21H42N2O4. The van der Waals surface area contributed by atoms with Crippen LogP contribution in [0.5, 0.6) is 0 Å². The topological polar surface area (TPSA) is 76.7 Å². The molecule has 6 nitrogen and oxygen atoms in total. The van der Waals surface area contributed by atoms with Crippen LogP contribution in [0, 0.1) is 5.41 Å². The zero-order chi connectivity index (χ0) is 20.9. The van der Waals surface area contributed by atoms with Crippen LogP contribution in [-0.2, 0) is 19.1 Å². The molecule has 160 valence electrons. The monoisotopic (exact) mass is 386 g/mol. The molecule has 0 unspecified atom stereocenters. The maximum atomic E-state index is 12.3. The fourth-order valence-electron chi connectivity index (χ4n) is 2.33. The van der Waals surface area contributed by atoms with Crippen LogP contribution in [-0.4, -0.2) is 62.7 Å².